The second-order valence-corrected chi connectivity index (χ2v) is 6.64. The summed E-state index contributed by atoms with van der Waals surface area (Å²) in [5, 5.41) is 8.98. The minimum Gasteiger partial charge on any atom is -0.481 e. The lowest BCUT2D eigenvalue weighted by Gasteiger charge is -2.34. The van der Waals surface area contributed by atoms with E-state index in [9.17, 15) is 9.59 Å². The maximum absolute atomic E-state index is 13.1. The lowest BCUT2D eigenvalue weighted by atomic mass is 9.89. The van der Waals surface area contributed by atoms with Crippen molar-refractivity contribution in [2.75, 3.05) is 11.4 Å². The van der Waals surface area contributed by atoms with Gasteiger partial charge in [0, 0.05) is 31.0 Å². The van der Waals surface area contributed by atoms with Crippen molar-refractivity contribution in [1.82, 2.24) is 9.38 Å². The van der Waals surface area contributed by atoms with Crippen molar-refractivity contribution in [3.8, 4) is 0 Å². The van der Waals surface area contributed by atoms with Crippen LogP contribution < -0.4 is 4.90 Å². The van der Waals surface area contributed by atoms with Crippen LogP contribution in [-0.2, 0) is 11.2 Å². The number of amides is 1. The Hall–Kier alpha value is -3.15. The minimum atomic E-state index is -0.804. The number of hydrogen-bond acceptors (Lipinski definition) is 3. The van der Waals surface area contributed by atoms with Gasteiger partial charge < -0.3 is 14.4 Å². The largest absolute Gasteiger partial charge is 0.481 e. The van der Waals surface area contributed by atoms with Gasteiger partial charge in [0.05, 0.1) is 0 Å². The molecule has 0 bridgehead atoms. The number of fused-ring (bicyclic) bond motifs is 2. The van der Waals surface area contributed by atoms with Crippen LogP contribution in [0, 0.1) is 5.92 Å². The fourth-order valence-electron chi connectivity index (χ4n) is 3.57. The van der Waals surface area contributed by atoms with Crippen LogP contribution in [0.1, 0.15) is 28.9 Å². The zero-order valence-electron chi connectivity index (χ0n) is 14.2. The number of para-hydroxylation sites is 1. The molecule has 1 aliphatic heterocycles. The Kier molecular flexibility index (Phi) is 4.16. The number of rotatable bonds is 4. The van der Waals surface area contributed by atoms with Gasteiger partial charge in [-0.05, 0) is 42.5 Å². The first-order chi connectivity index (χ1) is 12.6. The number of anilines is 1. The van der Waals surface area contributed by atoms with E-state index in [0.717, 1.165) is 23.3 Å². The molecule has 26 heavy (non-hydrogen) atoms. The zero-order chi connectivity index (χ0) is 18.1. The number of imidazole rings is 1. The molecule has 1 aliphatic rings. The normalized spacial score (nSPS) is 16.5. The third kappa shape index (κ3) is 3.06. The van der Waals surface area contributed by atoms with E-state index in [1.807, 2.05) is 53.1 Å². The molecule has 4 rings (SSSR count). The van der Waals surface area contributed by atoms with E-state index in [0.29, 0.717) is 18.7 Å². The highest BCUT2D eigenvalue weighted by Crippen LogP contribution is 2.32. The number of nitrogens with zero attached hydrogens (tertiary/aromatic N) is 3. The average Bonchev–Trinajstić information content (AvgIpc) is 3.09. The number of aliphatic carboxylic acids is 1. The van der Waals surface area contributed by atoms with Crippen molar-refractivity contribution in [3.63, 3.8) is 0 Å². The molecule has 0 saturated carbocycles. The van der Waals surface area contributed by atoms with Crippen LogP contribution in [0.5, 0.6) is 0 Å². The maximum Gasteiger partial charge on any atom is 0.303 e. The van der Waals surface area contributed by atoms with E-state index in [4.69, 9.17) is 5.11 Å². The summed E-state index contributed by atoms with van der Waals surface area (Å²) in [7, 11) is 0. The van der Waals surface area contributed by atoms with Crippen LogP contribution in [-0.4, -0.2) is 32.9 Å². The molecule has 0 radical (unpaired) electrons. The molecule has 6 heteroatoms. The Morgan fingerprint density at radius 3 is 2.77 bits per heavy atom. The second-order valence-electron chi connectivity index (χ2n) is 6.64. The quantitative estimate of drug-likeness (QED) is 0.786. The number of pyridine rings is 1. The van der Waals surface area contributed by atoms with Crippen molar-refractivity contribution >= 4 is 23.2 Å². The van der Waals surface area contributed by atoms with Gasteiger partial charge in [-0.1, -0.05) is 24.3 Å². The summed E-state index contributed by atoms with van der Waals surface area (Å²) in [6, 6.07) is 13.4. The number of carboxylic acid groups (broad SMARTS) is 1. The number of hydrogen-bond donors (Lipinski definition) is 1. The molecule has 0 spiro atoms. The van der Waals surface area contributed by atoms with E-state index >= 15 is 0 Å². The van der Waals surface area contributed by atoms with Gasteiger partial charge >= 0.3 is 5.97 Å². The number of benzene rings is 1. The number of carboxylic acids is 1. The smallest absolute Gasteiger partial charge is 0.303 e. The second kappa shape index (κ2) is 6.63. The van der Waals surface area contributed by atoms with Crippen LogP contribution in [0.2, 0.25) is 0 Å². The number of aromatic nitrogens is 2. The zero-order valence-corrected chi connectivity index (χ0v) is 14.2. The first-order valence-electron chi connectivity index (χ1n) is 8.67. The molecule has 1 N–H and O–H groups in total. The van der Waals surface area contributed by atoms with Gasteiger partial charge in [-0.15, -0.1) is 0 Å². The van der Waals surface area contributed by atoms with E-state index in [1.54, 1.807) is 11.1 Å². The third-order valence-electron chi connectivity index (χ3n) is 4.83. The van der Waals surface area contributed by atoms with Crippen LogP contribution in [0.25, 0.3) is 5.65 Å². The summed E-state index contributed by atoms with van der Waals surface area (Å²) < 4.78 is 1.82. The van der Waals surface area contributed by atoms with Gasteiger partial charge in [0.2, 0.25) is 0 Å². The topological polar surface area (TPSA) is 74.9 Å². The highest BCUT2D eigenvalue weighted by molar-refractivity contribution is 6.05. The molecule has 0 saturated heterocycles. The van der Waals surface area contributed by atoms with Crippen LogP contribution >= 0.6 is 0 Å². The summed E-state index contributed by atoms with van der Waals surface area (Å²) in [5.74, 6) is -0.828. The maximum atomic E-state index is 13.1. The Morgan fingerprint density at radius 1 is 1.15 bits per heavy atom. The monoisotopic (exact) mass is 349 g/mol. The van der Waals surface area contributed by atoms with Crippen LogP contribution in [0.4, 0.5) is 5.69 Å². The first-order valence-corrected chi connectivity index (χ1v) is 8.67. The van der Waals surface area contributed by atoms with Crippen LogP contribution in [0.15, 0.2) is 54.9 Å². The first kappa shape index (κ1) is 16.3. The predicted octanol–water partition coefficient (Wildman–Crippen LogP) is 3.02. The highest BCUT2D eigenvalue weighted by Gasteiger charge is 2.30. The van der Waals surface area contributed by atoms with Gasteiger partial charge in [-0.2, -0.15) is 0 Å². The van der Waals surface area contributed by atoms with Crippen molar-refractivity contribution < 1.29 is 14.7 Å². The molecule has 6 nitrogen and oxygen atoms in total. The molecule has 1 amide bonds. The summed E-state index contributed by atoms with van der Waals surface area (Å²) >= 11 is 0. The molecule has 1 unspecified atom stereocenters. The number of carbonyl (C=O) groups is 2. The lowest BCUT2D eigenvalue weighted by molar-refractivity contribution is -0.137. The Bertz CT molecular complexity index is 946. The van der Waals surface area contributed by atoms with Gasteiger partial charge in [0.25, 0.3) is 5.91 Å². The Labute approximate surface area is 150 Å². The fraction of sp³-hybridized carbons (Fsp3) is 0.250. The lowest BCUT2D eigenvalue weighted by Crippen LogP contribution is -2.40. The molecule has 1 aromatic carbocycles. The van der Waals surface area contributed by atoms with Crippen molar-refractivity contribution in [2.24, 2.45) is 5.92 Å². The summed E-state index contributed by atoms with van der Waals surface area (Å²) in [5.41, 5.74) is 3.08. The molecule has 3 heterocycles. The fourth-order valence-corrected chi connectivity index (χ4v) is 3.57. The molecule has 2 aromatic heterocycles. The summed E-state index contributed by atoms with van der Waals surface area (Å²) in [6.45, 7) is 0.511. The molecule has 132 valence electrons. The minimum absolute atomic E-state index is 0.114. The third-order valence-corrected chi connectivity index (χ3v) is 4.83. The molecule has 3 aromatic rings. The Morgan fingerprint density at radius 2 is 1.96 bits per heavy atom. The summed E-state index contributed by atoms with van der Waals surface area (Å²) in [4.78, 5) is 30.3. The molecular formula is C20H19N3O3. The molecule has 0 aliphatic carbocycles. The highest BCUT2D eigenvalue weighted by atomic mass is 16.4. The van der Waals surface area contributed by atoms with E-state index in [1.165, 1.54) is 0 Å². The van der Waals surface area contributed by atoms with Gasteiger partial charge in [0.1, 0.15) is 11.3 Å². The summed E-state index contributed by atoms with van der Waals surface area (Å²) in [6.07, 6.45) is 5.06. The van der Waals surface area contributed by atoms with Gasteiger partial charge in [-0.3, -0.25) is 9.59 Å². The average molecular weight is 349 g/mol. The van der Waals surface area contributed by atoms with Crippen molar-refractivity contribution in [1.29, 1.82) is 0 Å². The molecule has 1 atom stereocenters. The van der Waals surface area contributed by atoms with E-state index in [2.05, 4.69) is 4.98 Å². The molecular weight excluding hydrogens is 330 g/mol. The van der Waals surface area contributed by atoms with Gasteiger partial charge in [-0.25, -0.2) is 4.98 Å². The molecule has 0 fully saturated rings. The van der Waals surface area contributed by atoms with Gasteiger partial charge in [0.15, 0.2) is 0 Å². The van der Waals surface area contributed by atoms with E-state index < -0.39 is 5.97 Å². The Balaban J connectivity index is 1.66. The van der Waals surface area contributed by atoms with Crippen molar-refractivity contribution in [2.45, 2.75) is 19.3 Å². The predicted molar refractivity (Wildman–Crippen MR) is 97.4 cm³/mol. The van der Waals surface area contributed by atoms with E-state index in [-0.39, 0.29) is 18.2 Å². The standard InChI is InChI=1S/C20H19N3O3/c24-19(25)9-8-14-11-15-5-1-2-6-17(15)23(12-14)20(26)16-13-22-10-4-3-7-18(22)21-16/h1-7,10,13-14H,8-9,11-12H2,(H,24,25). The van der Waals surface area contributed by atoms with Crippen LogP contribution in [0.3, 0.4) is 0 Å². The van der Waals surface area contributed by atoms with Crippen molar-refractivity contribution in [3.05, 3.63) is 66.1 Å². The number of carbonyl (C=O) groups excluding carboxylic acids is 1. The SMILES string of the molecule is O=C(O)CCC1Cc2ccccc2N(C(=O)c2cn3ccccc3n2)C1.